The smallest absolute Gasteiger partial charge is 0.299 e. The molecule has 0 amide bonds. The Hall–Kier alpha value is -0.220. The molecule has 2 N–H and O–H groups in total. The zero-order valence-corrected chi connectivity index (χ0v) is 8.85. The topological polar surface area (TPSA) is 35.2 Å². The molecule has 84 valence electrons. The van der Waals surface area contributed by atoms with E-state index in [0.717, 1.165) is 0 Å². The minimum Gasteiger partial charge on any atom is -0.362 e. The van der Waals surface area contributed by atoms with Crippen LogP contribution in [0.1, 0.15) is 39.5 Å². The lowest BCUT2D eigenvalue weighted by Crippen LogP contribution is -2.65. The van der Waals surface area contributed by atoms with Crippen LogP contribution in [0.3, 0.4) is 0 Å². The van der Waals surface area contributed by atoms with Crippen molar-refractivity contribution < 1.29 is 13.5 Å². The van der Waals surface area contributed by atoms with Gasteiger partial charge in [0.25, 0.3) is 5.92 Å². The molecule has 2 rings (SSSR count). The second-order valence-corrected chi connectivity index (χ2v) is 3.82. The van der Waals surface area contributed by atoms with E-state index in [1.165, 1.54) is 0 Å². The molecule has 0 unspecified atom stereocenters. The number of hydrogen-bond donors (Lipinski definition) is 1. The van der Waals surface area contributed by atoms with Gasteiger partial charge in [-0.25, -0.2) is 8.78 Å². The molecule has 0 aromatic rings. The summed E-state index contributed by atoms with van der Waals surface area (Å²) < 4.78 is 31.1. The van der Waals surface area contributed by atoms with E-state index in [4.69, 9.17) is 10.5 Å². The molecule has 4 heteroatoms. The number of alkyl halides is 2. The van der Waals surface area contributed by atoms with E-state index in [9.17, 15) is 8.78 Å². The van der Waals surface area contributed by atoms with Gasteiger partial charge in [0.1, 0.15) is 12.2 Å². The molecule has 14 heavy (non-hydrogen) atoms. The van der Waals surface area contributed by atoms with Crippen LogP contribution in [0.15, 0.2) is 0 Å². The Kier molecular flexibility index (Phi) is 3.48. The largest absolute Gasteiger partial charge is 0.362 e. The number of nitrogens with two attached hydrogens (primary N) is 1. The average Bonchev–Trinajstić information content (AvgIpc) is 2.20. The maximum atomic E-state index is 13.0. The Morgan fingerprint density at radius 3 is 2.00 bits per heavy atom. The molecule has 1 aliphatic carbocycles. The molecule has 2 fully saturated rings. The monoisotopic (exact) mass is 207 g/mol. The fraction of sp³-hybridized carbons (Fsp3) is 1.00. The summed E-state index contributed by atoms with van der Waals surface area (Å²) in [6.07, 6.45) is 2.16. The van der Waals surface area contributed by atoms with Crippen LogP contribution < -0.4 is 5.73 Å². The lowest BCUT2D eigenvalue weighted by molar-refractivity contribution is -0.338. The molecule has 1 heterocycles. The molecule has 1 aliphatic heterocycles. The predicted octanol–water partition coefficient (Wildman–Crippen LogP) is 2.32. The van der Waals surface area contributed by atoms with Gasteiger partial charge in [-0.1, -0.05) is 13.8 Å². The van der Waals surface area contributed by atoms with E-state index in [2.05, 4.69) is 0 Å². The normalized spacial score (nSPS) is 39.6. The fourth-order valence-electron chi connectivity index (χ4n) is 2.00. The third-order valence-electron chi connectivity index (χ3n) is 3.03. The van der Waals surface area contributed by atoms with Gasteiger partial charge < -0.3 is 10.5 Å². The van der Waals surface area contributed by atoms with Crippen LogP contribution >= 0.6 is 0 Å². The fourth-order valence-corrected chi connectivity index (χ4v) is 2.00. The van der Waals surface area contributed by atoms with Gasteiger partial charge in [-0.2, -0.15) is 0 Å². The minimum absolute atomic E-state index is 0.0932. The zero-order chi connectivity index (χ0) is 10.8. The van der Waals surface area contributed by atoms with E-state index >= 15 is 0 Å². The van der Waals surface area contributed by atoms with Gasteiger partial charge in [-0.05, 0) is 25.7 Å². The van der Waals surface area contributed by atoms with E-state index in [0.29, 0.717) is 25.7 Å². The quantitative estimate of drug-likeness (QED) is 0.661. The highest BCUT2D eigenvalue weighted by atomic mass is 19.3. The molecule has 1 spiro atoms. The van der Waals surface area contributed by atoms with Gasteiger partial charge in [0.15, 0.2) is 0 Å². The van der Waals surface area contributed by atoms with Crippen molar-refractivity contribution in [2.75, 3.05) is 6.61 Å². The maximum absolute atomic E-state index is 13.0. The molecule has 0 aromatic heterocycles. The van der Waals surface area contributed by atoms with Crippen molar-refractivity contribution in [3.63, 3.8) is 0 Å². The summed E-state index contributed by atoms with van der Waals surface area (Å²) in [6, 6.07) is 0.0932. The van der Waals surface area contributed by atoms with Crippen molar-refractivity contribution in [3.8, 4) is 0 Å². The Morgan fingerprint density at radius 1 is 1.21 bits per heavy atom. The van der Waals surface area contributed by atoms with Crippen molar-refractivity contribution in [1.82, 2.24) is 0 Å². The molecule has 0 radical (unpaired) electrons. The van der Waals surface area contributed by atoms with Crippen LogP contribution in [0.25, 0.3) is 0 Å². The average molecular weight is 207 g/mol. The summed E-state index contributed by atoms with van der Waals surface area (Å²) in [4.78, 5) is 0. The number of hydrogen-bond acceptors (Lipinski definition) is 2. The van der Waals surface area contributed by atoms with Crippen LogP contribution in [0.5, 0.6) is 0 Å². The number of halogens is 2. The van der Waals surface area contributed by atoms with Crippen molar-refractivity contribution in [1.29, 1.82) is 0 Å². The van der Waals surface area contributed by atoms with Crippen molar-refractivity contribution in [3.05, 3.63) is 0 Å². The molecule has 1 saturated carbocycles. The minimum atomic E-state index is -2.60. The lowest BCUT2D eigenvalue weighted by atomic mass is 9.75. The molecule has 0 aromatic carbocycles. The number of ether oxygens (including phenoxy) is 1. The van der Waals surface area contributed by atoms with Gasteiger partial charge in [-0.3, -0.25) is 0 Å². The SMILES string of the molecule is CC.NC1CCC2(CC1)OCC2(F)F. The van der Waals surface area contributed by atoms with E-state index in [1.807, 2.05) is 13.8 Å². The first-order valence-electron chi connectivity index (χ1n) is 5.33. The van der Waals surface area contributed by atoms with Crippen LogP contribution in [-0.4, -0.2) is 24.2 Å². The molecule has 0 bridgehead atoms. The van der Waals surface area contributed by atoms with Crippen LogP contribution in [0, 0.1) is 0 Å². The van der Waals surface area contributed by atoms with Crippen molar-refractivity contribution >= 4 is 0 Å². The molecule has 1 saturated heterocycles. The first-order valence-corrected chi connectivity index (χ1v) is 5.33. The first-order chi connectivity index (χ1) is 6.56. The van der Waals surface area contributed by atoms with Crippen molar-refractivity contribution in [2.45, 2.75) is 57.1 Å². The van der Waals surface area contributed by atoms with Crippen LogP contribution in [0.2, 0.25) is 0 Å². The predicted molar refractivity (Wildman–Crippen MR) is 51.4 cm³/mol. The molecule has 2 nitrogen and oxygen atoms in total. The van der Waals surface area contributed by atoms with Gasteiger partial charge in [0, 0.05) is 6.04 Å². The third-order valence-corrected chi connectivity index (χ3v) is 3.03. The summed E-state index contributed by atoms with van der Waals surface area (Å²) in [6.45, 7) is 3.60. The summed E-state index contributed by atoms with van der Waals surface area (Å²) in [5.41, 5.74) is 4.49. The van der Waals surface area contributed by atoms with E-state index in [1.54, 1.807) is 0 Å². The van der Waals surface area contributed by atoms with Gasteiger partial charge in [-0.15, -0.1) is 0 Å². The molecule has 0 atom stereocenters. The van der Waals surface area contributed by atoms with Crippen LogP contribution in [-0.2, 0) is 4.74 Å². The van der Waals surface area contributed by atoms with Gasteiger partial charge >= 0.3 is 0 Å². The zero-order valence-electron chi connectivity index (χ0n) is 8.85. The van der Waals surface area contributed by atoms with E-state index < -0.39 is 18.1 Å². The van der Waals surface area contributed by atoms with Gasteiger partial charge in [0.05, 0.1) is 0 Å². The summed E-state index contributed by atoms with van der Waals surface area (Å²) in [5, 5.41) is 0. The highest BCUT2D eigenvalue weighted by Crippen LogP contribution is 2.50. The standard InChI is InChI=1S/C8H13F2NO.C2H6/c9-8(10)5-12-7(8)3-1-6(11)2-4-7;1-2/h6H,1-5,11H2;1-2H3. The second kappa shape index (κ2) is 4.11. The maximum Gasteiger partial charge on any atom is 0.299 e. The number of rotatable bonds is 0. The Labute approximate surface area is 83.8 Å². The Bertz CT molecular complexity index is 189. The van der Waals surface area contributed by atoms with Crippen molar-refractivity contribution in [2.24, 2.45) is 5.73 Å². The summed E-state index contributed by atoms with van der Waals surface area (Å²) >= 11 is 0. The highest BCUT2D eigenvalue weighted by molar-refractivity contribution is 5.05. The molecular formula is C10H19F2NO. The summed E-state index contributed by atoms with van der Waals surface area (Å²) in [5.74, 6) is -2.60. The highest BCUT2D eigenvalue weighted by Gasteiger charge is 2.63. The third kappa shape index (κ3) is 1.77. The molecule has 2 aliphatic rings. The first kappa shape index (κ1) is 11.9. The van der Waals surface area contributed by atoms with Gasteiger partial charge in [0.2, 0.25) is 0 Å². The van der Waals surface area contributed by atoms with E-state index in [-0.39, 0.29) is 6.04 Å². The second-order valence-electron chi connectivity index (χ2n) is 3.82. The Balaban J connectivity index is 0.000000461. The Morgan fingerprint density at radius 2 is 1.71 bits per heavy atom. The molecular weight excluding hydrogens is 188 g/mol. The van der Waals surface area contributed by atoms with Crippen LogP contribution in [0.4, 0.5) is 8.78 Å². The summed E-state index contributed by atoms with van der Waals surface area (Å²) in [7, 11) is 0. The lowest BCUT2D eigenvalue weighted by Gasteiger charge is -2.51.